The number of nitrogens with zero attached hydrogens (tertiary/aromatic N) is 2. The minimum absolute atomic E-state index is 0.0362. The highest BCUT2D eigenvalue weighted by molar-refractivity contribution is 9.10. The summed E-state index contributed by atoms with van der Waals surface area (Å²) in [5, 5.41) is 3.61. The number of carbonyl (C=O) groups excluding carboxylic acids is 3. The maximum Gasteiger partial charge on any atom is 0.252 e. The molecular formula is C37H40BrFN4O5. The number of benzene rings is 3. The number of hydrogen-bond acceptors (Lipinski definition) is 6. The van der Waals surface area contributed by atoms with Gasteiger partial charge in [0.15, 0.2) is 0 Å². The van der Waals surface area contributed by atoms with Crippen LogP contribution in [0.5, 0.6) is 11.5 Å². The molecule has 1 unspecified atom stereocenters. The molecule has 2 aliphatic heterocycles. The first kappa shape index (κ1) is 33.7. The van der Waals surface area contributed by atoms with Crippen molar-refractivity contribution in [3.8, 4) is 11.5 Å². The van der Waals surface area contributed by atoms with Crippen molar-refractivity contribution >= 4 is 39.2 Å². The van der Waals surface area contributed by atoms with E-state index in [0.717, 1.165) is 34.2 Å². The van der Waals surface area contributed by atoms with Crippen LogP contribution in [0.1, 0.15) is 49.7 Å². The summed E-state index contributed by atoms with van der Waals surface area (Å²) in [5.41, 5.74) is 8.21. The minimum atomic E-state index is -0.430. The van der Waals surface area contributed by atoms with Gasteiger partial charge in [-0.25, -0.2) is 4.39 Å². The van der Waals surface area contributed by atoms with Gasteiger partial charge in [0.25, 0.3) is 5.91 Å². The third kappa shape index (κ3) is 8.43. The third-order valence-electron chi connectivity index (χ3n) is 8.99. The van der Waals surface area contributed by atoms with E-state index in [0.29, 0.717) is 56.0 Å². The van der Waals surface area contributed by atoms with Gasteiger partial charge < -0.3 is 30.3 Å². The standard InChI is InChI=1S/C37H40BrFN4O5/c38-26-10-16-30(17-11-26)48-19-18-47-29-14-8-24(9-15-29)31-20-27-22-42(35(45)7-3-6-34(40)44)23-33(41-27)36(31)37(46)43(28-12-13-28)21-25-4-1-2-5-32(25)39/h1-2,4-5,8-11,14-17,27-28,33,41H,3,6-7,12-13,18-23H2,(H2,40,44)/t27?,33-/m1/s1. The molecule has 1 saturated carbocycles. The lowest BCUT2D eigenvalue weighted by Gasteiger charge is -2.45. The van der Waals surface area contributed by atoms with Gasteiger partial charge in [-0.3, -0.25) is 14.4 Å². The zero-order valence-electron chi connectivity index (χ0n) is 26.7. The second-order valence-corrected chi connectivity index (χ2v) is 13.5. The summed E-state index contributed by atoms with van der Waals surface area (Å²) < 4.78 is 27.5. The molecule has 2 atom stereocenters. The van der Waals surface area contributed by atoms with Crippen LogP contribution in [-0.2, 0) is 20.9 Å². The summed E-state index contributed by atoms with van der Waals surface area (Å²) in [4.78, 5) is 42.6. The van der Waals surface area contributed by atoms with Crippen LogP contribution in [0, 0.1) is 5.82 Å². The summed E-state index contributed by atoms with van der Waals surface area (Å²) in [6.07, 6.45) is 3.05. The summed E-state index contributed by atoms with van der Waals surface area (Å²) in [5.74, 6) is 0.488. The third-order valence-corrected chi connectivity index (χ3v) is 9.51. The van der Waals surface area contributed by atoms with Crippen molar-refractivity contribution in [1.29, 1.82) is 0 Å². The van der Waals surface area contributed by atoms with E-state index in [4.69, 9.17) is 15.2 Å². The predicted octanol–water partition coefficient (Wildman–Crippen LogP) is 5.22. The van der Waals surface area contributed by atoms with E-state index >= 15 is 0 Å². The lowest BCUT2D eigenvalue weighted by atomic mass is 9.82. The number of carbonyl (C=O) groups is 3. The van der Waals surface area contributed by atoms with Crippen LogP contribution in [0.4, 0.5) is 4.39 Å². The van der Waals surface area contributed by atoms with E-state index in [1.165, 1.54) is 6.07 Å². The Morgan fingerprint density at radius 2 is 1.58 bits per heavy atom. The molecule has 48 heavy (non-hydrogen) atoms. The Labute approximate surface area is 288 Å². The van der Waals surface area contributed by atoms with Gasteiger partial charge in [-0.1, -0.05) is 46.3 Å². The van der Waals surface area contributed by atoms with E-state index < -0.39 is 11.9 Å². The largest absolute Gasteiger partial charge is 0.490 e. The SMILES string of the molecule is NC(=O)CCCC(=O)N1CC2CC(c3ccc(OCCOc4ccc(Br)cc4)cc3)=C(C(=O)N(Cc3ccccc3F)C3CC3)[C@@H](C1)N2. The summed E-state index contributed by atoms with van der Waals surface area (Å²) in [7, 11) is 0. The highest BCUT2D eigenvalue weighted by Crippen LogP contribution is 2.38. The van der Waals surface area contributed by atoms with Crippen molar-refractivity contribution < 1.29 is 28.2 Å². The van der Waals surface area contributed by atoms with Crippen LogP contribution in [0.25, 0.3) is 5.57 Å². The number of piperazine rings is 1. The first-order valence-corrected chi connectivity index (χ1v) is 17.3. The number of primary amides is 1. The molecular weight excluding hydrogens is 679 g/mol. The van der Waals surface area contributed by atoms with Crippen molar-refractivity contribution in [3.05, 3.63) is 99.8 Å². The molecule has 252 valence electrons. The van der Waals surface area contributed by atoms with Crippen LogP contribution >= 0.6 is 15.9 Å². The van der Waals surface area contributed by atoms with Gasteiger partial charge >= 0.3 is 0 Å². The number of fused-ring (bicyclic) bond motifs is 2. The Morgan fingerprint density at radius 3 is 2.23 bits per heavy atom. The number of nitrogens with one attached hydrogen (secondary N) is 1. The Morgan fingerprint density at radius 1 is 0.917 bits per heavy atom. The minimum Gasteiger partial charge on any atom is -0.490 e. The van der Waals surface area contributed by atoms with Gasteiger partial charge in [-0.2, -0.15) is 0 Å². The molecule has 6 rings (SSSR count). The van der Waals surface area contributed by atoms with Crippen molar-refractivity contribution in [2.75, 3.05) is 26.3 Å². The summed E-state index contributed by atoms with van der Waals surface area (Å²) in [6, 6.07) is 21.5. The van der Waals surface area contributed by atoms with Crippen molar-refractivity contribution in [3.63, 3.8) is 0 Å². The summed E-state index contributed by atoms with van der Waals surface area (Å²) >= 11 is 3.42. The van der Waals surface area contributed by atoms with Crippen molar-refractivity contribution in [1.82, 2.24) is 15.1 Å². The Balaban J connectivity index is 1.22. The number of amides is 3. The fourth-order valence-corrected chi connectivity index (χ4v) is 6.73. The van der Waals surface area contributed by atoms with E-state index in [1.807, 2.05) is 48.5 Å². The molecule has 3 N–H and O–H groups in total. The van der Waals surface area contributed by atoms with Crippen molar-refractivity contribution in [2.45, 2.75) is 63.2 Å². The monoisotopic (exact) mass is 718 g/mol. The average molecular weight is 720 g/mol. The Hall–Kier alpha value is -4.22. The number of ether oxygens (including phenoxy) is 2. The molecule has 0 radical (unpaired) electrons. The molecule has 2 bridgehead atoms. The quantitative estimate of drug-likeness (QED) is 0.221. The Kier molecular flexibility index (Phi) is 10.8. The normalized spacial score (nSPS) is 18.8. The fourth-order valence-electron chi connectivity index (χ4n) is 6.46. The van der Waals surface area contributed by atoms with Gasteiger partial charge in [-0.15, -0.1) is 0 Å². The van der Waals surface area contributed by atoms with E-state index in [1.54, 1.807) is 28.0 Å². The molecule has 0 aromatic heterocycles. The van der Waals surface area contributed by atoms with E-state index in [9.17, 15) is 18.8 Å². The second kappa shape index (κ2) is 15.3. The molecule has 3 amide bonds. The van der Waals surface area contributed by atoms with Gasteiger partial charge in [-0.05, 0) is 79.3 Å². The van der Waals surface area contributed by atoms with Crippen LogP contribution in [0.2, 0.25) is 0 Å². The molecule has 2 heterocycles. The highest BCUT2D eigenvalue weighted by Gasteiger charge is 2.43. The zero-order valence-corrected chi connectivity index (χ0v) is 28.3. The molecule has 3 aromatic carbocycles. The summed E-state index contributed by atoms with van der Waals surface area (Å²) in [6.45, 7) is 1.75. The topological polar surface area (TPSA) is 114 Å². The molecule has 2 fully saturated rings. The van der Waals surface area contributed by atoms with Crippen LogP contribution in [0.3, 0.4) is 0 Å². The molecule has 3 aromatic rings. The number of rotatable bonds is 14. The van der Waals surface area contributed by atoms with Crippen molar-refractivity contribution in [2.24, 2.45) is 5.73 Å². The lowest BCUT2D eigenvalue weighted by molar-refractivity contribution is -0.134. The fraction of sp³-hybridized carbons (Fsp3) is 0.378. The zero-order chi connectivity index (χ0) is 33.6. The molecule has 9 nitrogen and oxygen atoms in total. The average Bonchev–Trinajstić information content (AvgIpc) is 3.92. The lowest BCUT2D eigenvalue weighted by Crippen LogP contribution is -2.62. The maximum absolute atomic E-state index is 14.8. The molecule has 1 aliphatic carbocycles. The van der Waals surface area contributed by atoms with Crippen LogP contribution in [-0.4, -0.2) is 72.0 Å². The number of halogens is 2. The van der Waals surface area contributed by atoms with Gasteiger partial charge in [0.1, 0.15) is 30.5 Å². The van der Waals surface area contributed by atoms with E-state index in [2.05, 4.69) is 21.2 Å². The second-order valence-electron chi connectivity index (χ2n) is 12.6. The van der Waals surface area contributed by atoms with Crippen LogP contribution < -0.4 is 20.5 Å². The smallest absolute Gasteiger partial charge is 0.252 e. The molecule has 3 aliphatic rings. The molecule has 0 spiro atoms. The first-order valence-electron chi connectivity index (χ1n) is 16.5. The van der Waals surface area contributed by atoms with E-state index in [-0.39, 0.29) is 49.1 Å². The highest BCUT2D eigenvalue weighted by atomic mass is 79.9. The van der Waals surface area contributed by atoms with Gasteiger partial charge in [0.05, 0.1) is 6.04 Å². The van der Waals surface area contributed by atoms with Gasteiger partial charge in [0, 0.05) is 60.2 Å². The maximum atomic E-state index is 14.8. The molecule has 1 saturated heterocycles. The molecule has 11 heteroatoms. The van der Waals surface area contributed by atoms with Gasteiger partial charge in [0.2, 0.25) is 11.8 Å². The van der Waals surface area contributed by atoms with Crippen LogP contribution in [0.15, 0.2) is 82.8 Å². The number of nitrogens with two attached hydrogens (primary N) is 1. The Bertz CT molecular complexity index is 1660. The first-order chi connectivity index (χ1) is 23.2. The number of hydrogen-bond donors (Lipinski definition) is 2. The predicted molar refractivity (Wildman–Crippen MR) is 183 cm³/mol.